The summed E-state index contributed by atoms with van der Waals surface area (Å²) in [6, 6.07) is 8.29. The van der Waals surface area contributed by atoms with Crippen molar-refractivity contribution in [3.05, 3.63) is 71.5 Å². The molecule has 0 aliphatic carbocycles. The minimum Gasteiger partial charge on any atom is -0.368 e. The van der Waals surface area contributed by atoms with Gasteiger partial charge in [-0.2, -0.15) is 0 Å². The van der Waals surface area contributed by atoms with E-state index in [0.717, 1.165) is 0 Å². The van der Waals surface area contributed by atoms with Crippen molar-refractivity contribution in [3.63, 3.8) is 0 Å². The van der Waals surface area contributed by atoms with Crippen LogP contribution >= 0.6 is 0 Å². The lowest BCUT2D eigenvalue weighted by Gasteiger charge is -2.28. The molecule has 7 amide bonds. The number of carbonyl (C=O) groups is 7. The Hall–Kier alpha value is -5.38. The first kappa shape index (κ1) is 43.0. The lowest BCUT2D eigenvalue weighted by Crippen LogP contribution is -2.59. The molecule has 0 unspecified atom stereocenters. The molecular formula is C38H53FN8O7. The molecule has 1 saturated heterocycles. The number of amides is 7. The zero-order valence-corrected chi connectivity index (χ0v) is 30.8. The molecule has 0 radical (unpaired) electrons. The van der Waals surface area contributed by atoms with Crippen LogP contribution in [0.3, 0.4) is 0 Å². The minimum absolute atomic E-state index is 0.0147. The van der Waals surface area contributed by atoms with Gasteiger partial charge >= 0.3 is 0 Å². The molecule has 0 saturated carbocycles. The molecular weight excluding hydrogens is 699 g/mol. The summed E-state index contributed by atoms with van der Waals surface area (Å²) in [5.74, 6) is -5.40. The summed E-state index contributed by atoms with van der Waals surface area (Å²) in [5, 5.41) is 16.0. The second-order valence-corrected chi connectivity index (χ2v) is 13.9. The largest absolute Gasteiger partial charge is 0.368 e. The van der Waals surface area contributed by atoms with Crippen molar-refractivity contribution in [2.75, 3.05) is 13.1 Å². The molecule has 1 aliphatic rings. The van der Waals surface area contributed by atoms with E-state index in [1.54, 1.807) is 36.4 Å². The van der Waals surface area contributed by atoms with Crippen LogP contribution in [0.25, 0.3) is 0 Å². The maximum absolute atomic E-state index is 14.0. The van der Waals surface area contributed by atoms with Crippen molar-refractivity contribution in [1.82, 2.24) is 31.9 Å². The topological polar surface area (TPSA) is 244 Å². The highest BCUT2D eigenvalue weighted by Crippen LogP contribution is 2.12. The molecule has 5 atom stereocenters. The van der Waals surface area contributed by atoms with Crippen molar-refractivity contribution in [1.29, 1.82) is 0 Å². The fraction of sp³-hybridized carbons (Fsp3) is 0.500. The Bertz CT molecular complexity index is 1610. The van der Waals surface area contributed by atoms with E-state index < -0.39 is 83.8 Å². The fourth-order valence-electron chi connectivity index (χ4n) is 5.94. The second kappa shape index (κ2) is 22.0. The molecule has 54 heavy (non-hydrogen) atoms. The number of primary amides is 1. The van der Waals surface area contributed by atoms with Crippen LogP contribution in [0.1, 0.15) is 69.9 Å². The van der Waals surface area contributed by atoms with Crippen molar-refractivity contribution in [3.8, 4) is 0 Å². The Kier molecular flexibility index (Phi) is 17.5. The Morgan fingerprint density at radius 2 is 1.57 bits per heavy atom. The maximum atomic E-state index is 14.0. The number of halogens is 1. The standard InChI is InChI=1S/C38H53FN8O7/c1-23(2)18-29-36(52)47-31(20-24-10-4-3-5-11-24)38(54)45-28(34(41)50)22-33(49)42-17-7-6-14-27(35(51)46-29)44-37(53)30(43-32(48)15-9-16-40)21-25-12-8-13-26(39)19-25/h3-5,8,10-13,19,23,27-31H,6-7,9,14-18,20-22,40H2,1-2H3,(H2,41,50)(H,42,49)(H,43,48)(H,44,53)(H,45,54)(H,46,51)(H,47,52)/t27-,28-,29-,30-,31-/m0/s1. The first-order chi connectivity index (χ1) is 25.7. The third kappa shape index (κ3) is 14.9. The first-order valence-corrected chi connectivity index (χ1v) is 18.3. The molecule has 16 heteroatoms. The predicted molar refractivity (Wildman–Crippen MR) is 198 cm³/mol. The lowest BCUT2D eigenvalue weighted by molar-refractivity contribution is -0.135. The Labute approximate surface area is 314 Å². The van der Waals surface area contributed by atoms with Gasteiger partial charge in [0.25, 0.3) is 0 Å². The van der Waals surface area contributed by atoms with Crippen LogP contribution in [0.4, 0.5) is 4.39 Å². The normalized spacial score (nSPS) is 21.1. The molecule has 1 fully saturated rings. The van der Waals surface area contributed by atoms with Crippen molar-refractivity contribution >= 4 is 41.4 Å². The number of rotatable bonds is 13. The van der Waals surface area contributed by atoms with Gasteiger partial charge in [0.15, 0.2) is 0 Å². The molecule has 2 aromatic carbocycles. The van der Waals surface area contributed by atoms with E-state index in [1.165, 1.54) is 18.2 Å². The number of hydrogen-bond donors (Lipinski definition) is 8. The average molecular weight is 753 g/mol. The molecule has 1 aliphatic heterocycles. The van der Waals surface area contributed by atoms with Gasteiger partial charge in [-0.1, -0.05) is 56.3 Å². The van der Waals surface area contributed by atoms with Crippen molar-refractivity contribution in [2.45, 2.75) is 102 Å². The third-order valence-electron chi connectivity index (χ3n) is 8.77. The summed E-state index contributed by atoms with van der Waals surface area (Å²) in [6.07, 6.45) is 0.854. The van der Waals surface area contributed by atoms with E-state index in [2.05, 4.69) is 31.9 Å². The Morgan fingerprint density at radius 3 is 2.24 bits per heavy atom. The van der Waals surface area contributed by atoms with Gasteiger partial charge in [-0.25, -0.2) is 4.39 Å². The van der Waals surface area contributed by atoms with E-state index in [0.29, 0.717) is 30.4 Å². The number of carbonyl (C=O) groups excluding carboxylic acids is 7. The number of benzene rings is 2. The summed E-state index contributed by atoms with van der Waals surface area (Å²) in [7, 11) is 0. The maximum Gasteiger partial charge on any atom is 0.243 e. The highest BCUT2D eigenvalue weighted by Gasteiger charge is 2.33. The number of nitrogens with one attached hydrogen (secondary N) is 6. The zero-order valence-electron chi connectivity index (χ0n) is 30.8. The minimum atomic E-state index is -1.36. The molecule has 0 aromatic heterocycles. The molecule has 3 rings (SSSR count). The first-order valence-electron chi connectivity index (χ1n) is 18.3. The van der Waals surface area contributed by atoms with Crippen LogP contribution in [-0.4, -0.2) is 84.6 Å². The summed E-state index contributed by atoms with van der Waals surface area (Å²) in [6.45, 7) is 4.10. The Balaban J connectivity index is 1.94. The van der Waals surface area contributed by atoms with Crippen molar-refractivity contribution in [2.24, 2.45) is 17.4 Å². The third-order valence-corrected chi connectivity index (χ3v) is 8.77. The molecule has 10 N–H and O–H groups in total. The van der Waals surface area contributed by atoms with Crippen LogP contribution in [0.5, 0.6) is 0 Å². The van der Waals surface area contributed by atoms with Gasteiger partial charge in [0.1, 0.15) is 36.0 Å². The molecule has 15 nitrogen and oxygen atoms in total. The zero-order chi connectivity index (χ0) is 39.6. The van der Waals surface area contributed by atoms with E-state index in [1.807, 2.05) is 13.8 Å². The molecule has 0 spiro atoms. The van der Waals surface area contributed by atoms with Gasteiger partial charge in [0, 0.05) is 25.8 Å². The summed E-state index contributed by atoms with van der Waals surface area (Å²) >= 11 is 0. The van der Waals surface area contributed by atoms with Gasteiger partial charge in [0.05, 0.1) is 6.42 Å². The average Bonchev–Trinajstić information content (AvgIpc) is 3.11. The van der Waals surface area contributed by atoms with E-state index in [4.69, 9.17) is 11.5 Å². The predicted octanol–water partition coefficient (Wildman–Crippen LogP) is -0.00460. The van der Waals surface area contributed by atoms with Gasteiger partial charge in [0.2, 0.25) is 41.4 Å². The van der Waals surface area contributed by atoms with Gasteiger partial charge < -0.3 is 43.4 Å². The quantitative estimate of drug-likeness (QED) is 0.138. The van der Waals surface area contributed by atoms with Crippen LogP contribution < -0.4 is 43.4 Å². The van der Waals surface area contributed by atoms with Crippen molar-refractivity contribution < 1.29 is 38.0 Å². The smallest absolute Gasteiger partial charge is 0.243 e. The van der Waals surface area contributed by atoms with Crippen LogP contribution in [0, 0.1) is 11.7 Å². The van der Waals surface area contributed by atoms with E-state index >= 15 is 0 Å². The fourth-order valence-corrected chi connectivity index (χ4v) is 5.94. The van der Waals surface area contributed by atoms with Gasteiger partial charge in [-0.05, 0) is 67.8 Å². The summed E-state index contributed by atoms with van der Waals surface area (Å²) in [4.78, 5) is 93.0. The molecule has 294 valence electrons. The summed E-state index contributed by atoms with van der Waals surface area (Å²) < 4.78 is 14.0. The number of hydrogen-bond acceptors (Lipinski definition) is 8. The van der Waals surface area contributed by atoms with Crippen LogP contribution in [0.15, 0.2) is 54.6 Å². The highest BCUT2D eigenvalue weighted by atomic mass is 19.1. The van der Waals surface area contributed by atoms with Crippen LogP contribution in [-0.2, 0) is 46.4 Å². The Morgan fingerprint density at radius 1 is 0.889 bits per heavy atom. The highest BCUT2D eigenvalue weighted by molar-refractivity contribution is 5.97. The van der Waals surface area contributed by atoms with E-state index in [9.17, 15) is 38.0 Å². The van der Waals surface area contributed by atoms with Gasteiger partial charge in [-0.3, -0.25) is 33.6 Å². The monoisotopic (exact) mass is 752 g/mol. The van der Waals surface area contributed by atoms with Crippen LogP contribution in [0.2, 0.25) is 0 Å². The lowest BCUT2D eigenvalue weighted by atomic mass is 9.99. The molecule has 0 bridgehead atoms. The number of nitrogens with two attached hydrogens (primary N) is 2. The van der Waals surface area contributed by atoms with E-state index in [-0.39, 0.29) is 51.1 Å². The molecule has 2 aromatic rings. The van der Waals surface area contributed by atoms with Gasteiger partial charge in [-0.15, -0.1) is 0 Å². The SMILES string of the molecule is CC(C)C[C@@H]1NC(=O)[C@@H](NC(=O)[C@H](Cc2cccc(F)c2)NC(=O)CCCN)CCCCNC(=O)C[C@@H](C(N)=O)NC(=O)[C@H](Cc2ccccc2)NC1=O. The molecule has 1 heterocycles. The summed E-state index contributed by atoms with van der Waals surface area (Å²) in [5.41, 5.74) is 12.2. The second-order valence-electron chi connectivity index (χ2n) is 13.9.